The molecule has 2 aromatic rings. The molecule has 4 N–H and O–H groups in total. The zero-order chi connectivity index (χ0) is 20.5. The molecule has 2 aromatic carbocycles. The Kier molecular flexibility index (Phi) is 5.15. The monoisotopic (exact) mass is 412 g/mol. The first-order chi connectivity index (χ1) is 13.9. The van der Waals surface area contributed by atoms with E-state index in [0.717, 1.165) is 32.1 Å². The van der Waals surface area contributed by atoms with E-state index >= 15 is 0 Å². The zero-order valence-electron chi connectivity index (χ0n) is 15.7. The third-order valence-corrected chi connectivity index (χ3v) is 5.67. The minimum Gasteiger partial charge on any atom is -0.399 e. The number of nitrogen functional groups attached to an aromatic ring is 1. The minimum atomic E-state index is -0.516. The predicted molar refractivity (Wildman–Crippen MR) is 112 cm³/mol. The van der Waals surface area contributed by atoms with E-state index in [9.17, 15) is 14.4 Å². The van der Waals surface area contributed by atoms with Gasteiger partial charge in [-0.15, -0.1) is 0 Å². The van der Waals surface area contributed by atoms with Gasteiger partial charge in [-0.2, -0.15) is 0 Å². The zero-order valence-corrected chi connectivity index (χ0v) is 16.5. The maximum atomic E-state index is 12.9. The fraction of sp³-hybridized carbons (Fsp3) is 0.286. The molecule has 4 rings (SSSR count). The number of amides is 4. The van der Waals surface area contributed by atoms with Gasteiger partial charge in [0.2, 0.25) is 0 Å². The van der Waals surface area contributed by atoms with E-state index in [-0.39, 0.29) is 17.9 Å². The van der Waals surface area contributed by atoms with Crippen molar-refractivity contribution in [2.45, 2.75) is 38.1 Å². The molecular weight excluding hydrogens is 392 g/mol. The number of rotatable bonds is 3. The van der Waals surface area contributed by atoms with Crippen LogP contribution in [0.2, 0.25) is 5.02 Å². The summed E-state index contributed by atoms with van der Waals surface area (Å²) in [6.07, 6.45) is 4.89. The summed E-state index contributed by atoms with van der Waals surface area (Å²) < 4.78 is 0. The number of imide groups is 1. The number of anilines is 3. The Labute approximate surface area is 173 Å². The SMILES string of the molecule is Nc1ccc(NC(=O)Nc2ccc3c(c2)C(=O)N(C2CCCCC2)C3=O)c(Cl)c1. The van der Waals surface area contributed by atoms with Crippen LogP contribution in [-0.4, -0.2) is 28.8 Å². The Morgan fingerprint density at radius 2 is 1.69 bits per heavy atom. The predicted octanol–water partition coefficient (Wildman–Crippen LogP) is 4.49. The summed E-state index contributed by atoms with van der Waals surface area (Å²) in [6, 6.07) is 8.95. The van der Waals surface area contributed by atoms with Gasteiger partial charge in [0, 0.05) is 17.4 Å². The van der Waals surface area contributed by atoms with E-state index in [0.29, 0.717) is 33.2 Å². The van der Waals surface area contributed by atoms with Gasteiger partial charge in [-0.05, 0) is 49.2 Å². The standard InChI is InChI=1S/C21H21ClN4O3/c22-17-10-12(23)6-9-18(17)25-21(29)24-13-7-8-15-16(11-13)20(28)26(19(15)27)14-4-2-1-3-5-14/h6-11,14H,1-5,23H2,(H2,24,25,29). The second kappa shape index (κ2) is 7.75. The number of urea groups is 1. The highest BCUT2D eigenvalue weighted by atomic mass is 35.5. The van der Waals surface area contributed by atoms with Crippen molar-refractivity contribution >= 4 is 46.5 Å². The number of hydrogen-bond acceptors (Lipinski definition) is 4. The van der Waals surface area contributed by atoms with Crippen LogP contribution in [-0.2, 0) is 0 Å². The topological polar surface area (TPSA) is 105 Å². The molecule has 0 unspecified atom stereocenters. The highest BCUT2D eigenvalue weighted by Crippen LogP contribution is 2.32. The van der Waals surface area contributed by atoms with Gasteiger partial charge in [0.25, 0.3) is 11.8 Å². The summed E-state index contributed by atoms with van der Waals surface area (Å²) >= 11 is 6.07. The van der Waals surface area contributed by atoms with Gasteiger partial charge in [0.15, 0.2) is 0 Å². The first kappa shape index (κ1) is 19.3. The molecule has 1 heterocycles. The normalized spacial score (nSPS) is 16.7. The fourth-order valence-electron chi connectivity index (χ4n) is 3.93. The van der Waals surface area contributed by atoms with E-state index in [1.54, 1.807) is 30.3 Å². The van der Waals surface area contributed by atoms with Crippen molar-refractivity contribution in [3.63, 3.8) is 0 Å². The average Bonchev–Trinajstić information content (AvgIpc) is 2.95. The van der Waals surface area contributed by atoms with Gasteiger partial charge >= 0.3 is 6.03 Å². The second-order valence-corrected chi connectivity index (χ2v) is 7.76. The van der Waals surface area contributed by atoms with Crippen LogP contribution in [0.4, 0.5) is 21.9 Å². The molecular formula is C21H21ClN4O3. The minimum absolute atomic E-state index is 0.0384. The van der Waals surface area contributed by atoms with Crippen LogP contribution in [0.15, 0.2) is 36.4 Å². The number of nitrogens with two attached hydrogens (primary N) is 1. The summed E-state index contributed by atoms with van der Waals surface area (Å²) in [5.74, 6) is -0.538. The van der Waals surface area contributed by atoms with E-state index in [1.165, 1.54) is 11.0 Å². The van der Waals surface area contributed by atoms with Gasteiger partial charge in [-0.3, -0.25) is 14.5 Å². The Hall–Kier alpha value is -3.06. The number of nitrogens with one attached hydrogen (secondary N) is 2. The lowest BCUT2D eigenvalue weighted by Gasteiger charge is -2.29. The molecule has 4 amide bonds. The molecule has 1 aliphatic carbocycles. The first-order valence-corrected chi connectivity index (χ1v) is 9.97. The van der Waals surface area contributed by atoms with E-state index in [1.807, 2.05) is 0 Å². The van der Waals surface area contributed by atoms with Crippen LogP contribution in [0.3, 0.4) is 0 Å². The van der Waals surface area contributed by atoms with Crippen LogP contribution in [0.25, 0.3) is 0 Å². The quantitative estimate of drug-likeness (QED) is 0.510. The summed E-state index contributed by atoms with van der Waals surface area (Å²) in [4.78, 5) is 39.3. The van der Waals surface area contributed by atoms with Crippen molar-refractivity contribution in [1.82, 2.24) is 4.90 Å². The van der Waals surface area contributed by atoms with Crippen LogP contribution >= 0.6 is 11.6 Å². The highest BCUT2D eigenvalue weighted by Gasteiger charge is 2.40. The van der Waals surface area contributed by atoms with E-state index < -0.39 is 6.03 Å². The molecule has 8 heteroatoms. The lowest BCUT2D eigenvalue weighted by molar-refractivity contribution is 0.0549. The molecule has 0 radical (unpaired) electrons. The van der Waals surface area contributed by atoms with Crippen LogP contribution in [0.5, 0.6) is 0 Å². The molecule has 1 saturated carbocycles. The Morgan fingerprint density at radius 3 is 2.41 bits per heavy atom. The summed E-state index contributed by atoms with van der Waals surface area (Å²) in [5, 5.41) is 5.62. The van der Waals surface area contributed by atoms with Crippen molar-refractivity contribution < 1.29 is 14.4 Å². The molecule has 0 bridgehead atoms. The van der Waals surface area contributed by atoms with Gasteiger partial charge in [0.05, 0.1) is 21.8 Å². The first-order valence-electron chi connectivity index (χ1n) is 9.59. The maximum absolute atomic E-state index is 12.9. The molecule has 1 fully saturated rings. The molecule has 0 aromatic heterocycles. The lowest BCUT2D eigenvalue weighted by atomic mass is 9.94. The van der Waals surface area contributed by atoms with Crippen LogP contribution < -0.4 is 16.4 Å². The Balaban J connectivity index is 1.49. The van der Waals surface area contributed by atoms with E-state index in [4.69, 9.17) is 17.3 Å². The molecule has 1 aliphatic heterocycles. The van der Waals surface area contributed by atoms with Gasteiger partial charge in [-0.25, -0.2) is 4.79 Å². The molecule has 2 aliphatic rings. The molecule has 150 valence electrons. The number of carbonyl (C=O) groups is 3. The molecule has 0 spiro atoms. The van der Waals surface area contributed by atoms with E-state index in [2.05, 4.69) is 10.6 Å². The molecule has 7 nitrogen and oxygen atoms in total. The number of halogens is 1. The van der Waals surface area contributed by atoms with Crippen molar-refractivity contribution in [3.8, 4) is 0 Å². The lowest BCUT2D eigenvalue weighted by Crippen LogP contribution is -2.40. The third-order valence-electron chi connectivity index (χ3n) is 5.36. The van der Waals surface area contributed by atoms with Crippen molar-refractivity contribution in [2.75, 3.05) is 16.4 Å². The average molecular weight is 413 g/mol. The van der Waals surface area contributed by atoms with Crippen molar-refractivity contribution in [2.24, 2.45) is 0 Å². The summed E-state index contributed by atoms with van der Waals surface area (Å²) in [6.45, 7) is 0. The van der Waals surface area contributed by atoms with Gasteiger partial charge < -0.3 is 16.4 Å². The number of benzene rings is 2. The van der Waals surface area contributed by atoms with Gasteiger partial charge in [-0.1, -0.05) is 30.9 Å². The smallest absolute Gasteiger partial charge is 0.323 e. The summed E-state index contributed by atoms with van der Waals surface area (Å²) in [7, 11) is 0. The number of fused-ring (bicyclic) bond motifs is 1. The Bertz CT molecular complexity index is 1000. The highest BCUT2D eigenvalue weighted by molar-refractivity contribution is 6.34. The van der Waals surface area contributed by atoms with Crippen LogP contribution in [0.1, 0.15) is 52.8 Å². The summed E-state index contributed by atoms with van der Waals surface area (Å²) in [5.41, 5.74) is 7.67. The second-order valence-electron chi connectivity index (χ2n) is 7.35. The molecule has 0 saturated heterocycles. The number of carbonyl (C=O) groups excluding carboxylic acids is 3. The van der Waals surface area contributed by atoms with Crippen LogP contribution in [0, 0.1) is 0 Å². The fourth-order valence-corrected chi connectivity index (χ4v) is 4.16. The molecule has 0 atom stereocenters. The largest absolute Gasteiger partial charge is 0.399 e. The van der Waals surface area contributed by atoms with Crippen molar-refractivity contribution in [1.29, 1.82) is 0 Å². The van der Waals surface area contributed by atoms with Crippen molar-refractivity contribution in [3.05, 3.63) is 52.5 Å². The number of hydrogen-bond donors (Lipinski definition) is 3. The molecule has 29 heavy (non-hydrogen) atoms. The third kappa shape index (κ3) is 3.78. The van der Waals surface area contributed by atoms with Gasteiger partial charge in [0.1, 0.15) is 0 Å². The number of nitrogens with zero attached hydrogens (tertiary/aromatic N) is 1. The Morgan fingerprint density at radius 1 is 0.966 bits per heavy atom. The maximum Gasteiger partial charge on any atom is 0.323 e.